The molecule has 1 saturated heterocycles. The van der Waals surface area contributed by atoms with Crippen molar-refractivity contribution in [2.75, 3.05) is 0 Å². The van der Waals surface area contributed by atoms with Gasteiger partial charge < -0.3 is 9.47 Å². The van der Waals surface area contributed by atoms with Gasteiger partial charge in [0.2, 0.25) is 0 Å². The van der Waals surface area contributed by atoms with Gasteiger partial charge in [-0.25, -0.2) is 0 Å². The number of nitrogens with zero attached hydrogens (tertiary/aromatic N) is 1. The topological polar surface area (TPSA) is 65.5 Å². The van der Waals surface area contributed by atoms with Crippen molar-refractivity contribution >= 4 is 11.9 Å². The molecule has 5 heteroatoms. The van der Waals surface area contributed by atoms with Crippen molar-refractivity contribution in [2.45, 2.75) is 25.6 Å². The average Bonchev–Trinajstić information content (AvgIpc) is 2.16. The van der Waals surface area contributed by atoms with Gasteiger partial charge in [0.15, 0.2) is 5.92 Å². The van der Waals surface area contributed by atoms with Crippen molar-refractivity contribution in [3.8, 4) is 0 Å². The Morgan fingerprint density at radius 3 is 2.12 bits per heavy atom. The third-order valence-corrected chi connectivity index (χ3v) is 2.20. The zero-order valence-corrected chi connectivity index (χ0v) is 8.97. The molecule has 0 unspecified atom stereocenters. The highest BCUT2D eigenvalue weighted by atomic mass is 16.7. The van der Waals surface area contributed by atoms with Crippen LogP contribution < -0.4 is 0 Å². The van der Waals surface area contributed by atoms with E-state index < -0.39 is 23.6 Å². The predicted molar refractivity (Wildman–Crippen MR) is 53.2 cm³/mol. The summed E-state index contributed by atoms with van der Waals surface area (Å²) in [5.41, 5.74) is 0.528. The molecule has 0 atom stereocenters. The van der Waals surface area contributed by atoms with Crippen LogP contribution in [0.15, 0.2) is 24.5 Å². The van der Waals surface area contributed by atoms with Crippen molar-refractivity contribution in [2.24, 2.45) is 0 Å². The van der Waals surface area contributed by atoms with Gasteiger partial charge in [0.25, 0.3) is 5.79 Å². The monoisotopic (exact) mass is 221 g/mol. The Bertz CT molecular complexity index is 407. The van der Waals surface area contributed by atoms with E-state index in [0.29, 0.717) is 5.56 Å². The third-order valence-electron chi connectivity index (χ3n) is 2.20. The van der Waals surface area contributed by atoms with Crippen LogP contribution in [0, 0.1) is 0 Å². The molecular weight excluding hydrogens is 210 g/mol. The standard InChI is InChI=1S/C11H11NO4/c1-11(2)15-9(13)8(10(14)16-11)7-3-5-12-6-4-7/h3-6,8H,1-2H3. The predicted octanol–water partition coefficient (Wildman–Crippen LogP) is 1.00. The molecule has 1 aliphatic heterocycles. The first-order chi connectivity index (χ1) is 7.49. The van der Waals surface area contributed by atoms with Gasteiger partial charge in [-0.05, 0) is 17.7 Å². The maximum atomic E-state index is 11.7. The van der Waals surface area contributed by atoms with Gasteiger partial charge >= 0.3 is 11.9 Å². The summed E-state index contributed by atoms with van der Waals surface area (Å²) < 4.78 is 10.0. The van der Waals surface area contributed by atoms with Gasteiger partial charge in [-0.2, -0.15) is 0 Å². The Morgan fingerprint density at radius 1 is 1.12 bits per heavy atom. The number of ether oxygens (including phenoxy) is 2. The van der Waals surface area contributed by atoms with Crippen LogP contribution in [0.1, 0.15) is 25.3 Å². The molecule has 1 aromatic rings. The average molecular weight is 221 g/mol. The highest BCUT2D eigenvalue weighted by Gasteiger charge is 2.43. The summed E-state index contributed by atoms with van der Waals surface area (Å²) in [6, 6.07) is 3.18. The number of aromatic nitrogens is 1. The van der Waals surface area contributed by atoms with Crippen molar-refractivity contribution in [1.29, 1.82) is 0 Å². The van der Waals surface area contributed by atoms with Gasteiger partial charge in [0.05, 0.1) is 0 Å². The summed E-state index contributed by atoms with van der Waals surface area (Å²) in [7, 11) is 0. The fraction of sp³-hybridized carbons (Fsp3) is 0.364. The summed E-state index contributed by atoms with van der Waals surface area (Å²) >= 11 is 0. The van der Waals surface area contributed by atoms with Crippen LogP contribution in [0.5, 0.6) is 0 Å². The van der Waals surface area contributed by atoms with Gasteiger partial charge in [0, 0.05) is 26.2 Å². The maximum Gasteiger partial charge on any atom is 0.328 e. The van der Waals surface area contributed by atoms with Crippen LogP contribution in [0.3, 0.4) is 0 Å². The number of esters is 2. The van der Waals surface area contributed by atoms with E-state index in [0.717, 1.165) is 0 Å². The van der Waals surface area contributed by atoms with Gasteiger partial charge in [-0.3, -0.25) is 14.6 Å². The molecule has 16 heavy (non-hydrogen) atoms. The largest absolute Gasteiger partial charge is 0.422 e. The third kappa shape index (κ3) is 1.88. The zero-order chi connectivity index (χ0) is 11.8. The van der Waals surface area contributed by atoms with E-state index in [1.807, 2.05) is 0 Å². The quantitative estimate of drug-likeness (QED) is 0.523. The van der Waals surface area contributed by atoms with Crippen LogP contribution in [-0.2, 0) is 19.1 Å². The van der Waals surface area contributed by atoms with Crippen LogP contribution in [-0.4, -0.2) is 22.7 Å². The van der Waals surface area contributed by atoms with E-state index in [2.05, 4.69) is 4.98 Å². The lowest BCUT2D eigenvalue weighted by Gasteiger charge is -2.32. The molecule has 0 aromatic carbocycles. The molecule has 5 nitrogen and oxygen atoms in total. The summed E-state index contributed by atoms with van der Waals surface area (Å²) in [5, 5.41) is 0. The highest BCUT2D eigenvalue weighted by Crippen LogP contribution is 2.29. The Hall–Kier alpha value is -1.91. The lowest BCUT2D eigenvalue weighted by molar-refractivity contribution is -0.234. The first-order valence-corrected chi connectivity index (χ1v) is 4.85. The Morgan fingerprint density at radius 2 is 1.62 bits per heavy atom. The fourth-order valence-electron chi connectivity index (χ4n) is 1.55. The number of cyclic esters (lactones) is 2. The van der Waals surface area contributed by atoms with Gasteiger partial charge in [-0.15, -0.1) is 0 Å². The number of carbonyl (C=O) groups is 2. The van der Waals surface area contributed by atoms with Crippen molar-refractivity contribution in [3.63, 3.8) is 0 Å². The summed E-state index contributed by atoms with van der Waals surface area (Å²) in [6.07, 6.45) is 3.02. The second kappa shape index (κ2) is 3.59. The first kappa shape index (κ1) is 10.6. The highest BCUT2D eigenvalue weighted by molar-refractivity contribution is 6.02. The van der Waals surface area contributed by atoms with E-state index >= 15 is 0 Å². The second-order valence-corrected chi connectivity index (χ2v) is 3.96. The van der Waals surface area contributed by atoms with Gasteiger partial charge in [-0.1, -0.05) is 0 Å². The second-order valence-electron chi connectivity index (χ2n) is 3.96. The SMILES string of the molecule is CC1(C)OC(=O)C(c2ccncc2)C(=O)O1. The zero-order valence-electron chi connectivity index (χ0n) is 8.97. The molecule has 0 spiro atoms. The minimum absolute atomic E-state index is 0.528. The smallest absolute Gasteiger partial charge is 0.328 e. The van der Waals surface area contributed by atoms with E-state index in [4.69, 9.17) is 9.47 Å². The first-order valence-electron chi connectivity index (χ1n) is 4.85. The van der Waals surface area contributed by atoms with Crippen molar-refractivity contribution in [1.82, 2.24) is 4.98 Å². The van der Waals surface area contributed by atoms with E-state index in [1.165, 1.54) is 26.2 Å². The molecule has 0 aliphatic carbocycles. The number of pyridine rings is 1. The molecule has 84 valence electrons. The molecule has 0 bridgehead atoms. The molecule has 1 aliphatic rings. The molecule has 0 N–H and O–H groups in total. The van der Waals surface area contributed by atoms with Crippen LogP contribution in [0.2, 0.25) is 0 Å². The summed E-state index contributed by atoms with van der Waals surface area (Å²) in [5.74, 6) is -3.37. The molecule has 0 saturated carbocycles. The molecule has 1 fully saturated rings. The molecular formula is C11H11NO4. The minimum Gasteiger partial charge on any atom is -0.422 e. The summed E-state index contributed by atoms with van der Waals surface area (Å²) in [4.78, 5) is 27.2. The Kier molecular flexibility index (Phi) is 2.38. The normalized spacial score (nSPS) is 20.1. The maximum absolute atomic E-state index is 11.7. The Labute approximate surface area is 92.4 Å². The van der Waals surface area contributed by atoms with E-state index in [9.17, 15) is 9.59 Å². The van der Waals surface area contributed by atoms with Crippen LogP contribution >= 0.6 is 0 Å². The minimum atomic E-state index is -1.18. The number of rotatable bonds is 1. The lowest BCUT2D eigenvalue weighted by atomic mass is 9.99. The molecule has 0 amide bonds. The molecule has 2 rings (SSSR count). The van der Waals surface area contributed by atoms with Crippen molar-refractivity contribution < 1.29 is 19.1 Å². The molecule has 0 radical (unpaired) electrons. The Balaban J connectivity index is 2.31. The van der Waals surface area contributed by atoms with Crippen LogP contribution in [0.25, 0.3) is 0 Å². The number of hydrogen-bond acceptors (Lipinski definition) is 5. The van der Waals surface area contributed by atoms with Crippen LogP contribution in [0.4, 0.5) is 0 Å². The van der Waals surface area contributed by atoms with Gasteiger partial charge in [0.1, 0.15) is 0 Å². The lowest BCUT2D eigenvalue weighted by Crippen LogP contribution is -2.45. The van der Waals surface area contributed by atoms with E-state index in [1.54, 1.807) is 12.1 Å². The molecule has 1 aromatic heterocycles. The number of carbonyl (C=O) groups excluding carboxylic acids is 2. The summed E-state index contributed by atoms with van der Waals surface area (Å²) in [6.45, 7) is 3.04. The fourth-order valence-corrected chi connectivity index (χ4v) is 1.55. The van der Waals surface area contributed by atoms with E-state index in [-0.39, 0.29) is 0 Å². The molecule has 2 heterocycles. The van der Waals surface area contributed by atoms with Crippen molar-refractivity contribution in [3.05, 3.63) is 30.1 Å². The number of hydrogen-bond donors (Lipinski definition) is 0.